The Morgan fingerprint density at radius 3 is 2.76 bits per heavy atom. The first-order chi connectivity index (χ1) is 10.3. The number of nitrogens with one attached hydrogen (secondary N) is 2. The molecular weight excluding hydrogens is 278 g/mol. The molecule has 0 aliphatic heterocycles. The summed E-state index contributed by atoms with van der Waals surface area (Å²) in [6.07, 6.45) is 12.7. The van der Waals surface area contributed by atoms with Crippen molar-refractivity contribution in [3.8, 4) is 0 Å². The first kappa shape index (κ1) is 14.0. The zero-order chi connectivity index (χ0) is 14.5. The molecule has 0 unspecified atom stereocenters. The average Bonchev–Trinajstić information content (AvgIpc) is 3.10. The monoisotopic (exact) mass is 297 g/mol. The molecule has 3 rings (SSSR count). The molecule has 3 atom stereocenters. The highest BCUT2D eigenvalue weighted by Gasteiger charge is 2.35. The van der Waals surface area contributed by atoms with Crippen LogP contribution in [0.1, 0.15) is 18.4 Å². The maximum absolute atomic E-state index is 5.27. The molecule has 1 aromatic rings. The van der Waals surface area contributed by atoms with Gasteiger partial charge in [-0.1, -0.05) is 48.6 Å². The third-order valence-electron chi connectivity index (χ3n) is 4.01. The number of benzene rings is 1. The van der Waals surface area contributed by atoms with Crippen molar-refractivity contribution in [1.82, 2.24) is 10.7 Å². The molecular formula is C17H19N3S. The van der Waals surface area contributed by atoms with Crippen molar-refractivity contribution in [2.75, 3.05) is 0 Å². The minimum atomic E-state index is 0.468. The van der Waals surface area contributed by atoms with E-state index < -0.39 is 0 Å². The molecule has 0 radical (unpaired) electrons. The van der Waals surface area contributed by atoms with Crippen LogP contribution in [0.3, 0.4) is 0 Å². The molecule has 0 spiro atoms. The van der Waals surface area contributed by atoms with Gasteiger partial charge in [0.1, 0.15) is 0 Å². The number of hydrogen-bond acceptors (Lipinski definition) is 2. The summed E-state index contributed by atoms with van der Waals surface area (Å²) in [6, 6.07) is 10.6. The zero-order valence-electron chi connectivity index (χ0n) is 11.8. The predicted octanol–water partition coefficient (Wildman–Crippen LogP) is 3.11. The molecule has 21 heavy (non-hydrogen) atoms. The van der Waals surface area contributed by atoms with Crippen LogP contribution in [-0.4, -0.2) is 17.4 Å². The fourth-order valence-corrected chi connectivity index (χ4v) is 3.21. The minimum absolute atomic E-state index is 0.468. The fourth-order valence-electron chi connectivity index (χ4n) is 3.00. The van der Waals surface area contributed by atoms with Gasteiger partial charge >= 0.3 is 0 Å². The highest BCUT2D eigenvalue weighted by molar-refractivity contribution is 7.80. The molecule has 2 bridgehead atoms. The van der Waals surface area contributed by atoms with Gasteiger partial charge in [0.05, 0.1) is 0 Å². The Hall–Kier alpha value is -1.94. The number of hydrogen-bond donors (Lipinski definition) is 2. The van der Waals surface area contributed by atoms with Crippen LogP contribution in [0.5, 0.6) is 0 Å². The smallest absolute Gasteiger partial charge is 0.187 e. The summed E-state index contributed by atoms with van der Waals surface area (Å²) >= 11 is 5.27. The first-order valence-electron chi connectivity index (χ1n) is 7.31. The van der Waals surface area contributed by atoms with Crippen molar-refractivity contribution in [2.24, 2.45) is 16.9 Å². The highest BCUT2D eigenvalue weighted by Crippen LogP contribution is 2.38. The van der Waals surface area contributed by atoms with Gasteiger partial charge in [-0.3, -0.25) is 5.43 Å². The Balaban J connectivity index is 1.40. The van der Waals surface area contributed by atoms with E-state index in [0.717, 1.165) is 11.5 Å². The van der Waals surface area contributed by atoms with Crippen molar-refractivity contribution >= 4 is 29.6 Å². The Morgan fingerprint density at radius 2 is 2.05 bits per heavy atom. The molecule has 3 nitrogen and oxygen atoms in total. The number of hydrazone groups is 1. The van der Waals surface area contributed by atoms with Gasteiger partial charge in [-0.25, -0.2) is 0 Å². The molecule has 2 aliphatic carbocycles. The van der Waals surface area contributed by atoms with Gasteiger partial charge in [0.15, 0.2) is 5.11 Å². The van der Waals surface area contributed by atoms with E-state index in [1.807, 2.05) is 42.5 Å². The van der Waals surface area contributed by atoms with Crippen molar-refractivity contribution in [2.45, 2.75) is 18.9 Å². The topological polar surface area (TPSA) is 36.4 Å². The average molecular weight is 297 g/mol. The van der Waals surface area contributed by atoms with Crippen LogP contribution in [0.2, 0.25) is 0 Å². The van der Waals surface area contributed by atoms with Gasteiger partial charge in [0, 0.05) is 12.3 Å². The van der Waals surface area contributed by atoms with Gasteiger partial charge in [-0.15, -0.1) is 0 Å². The van der Waals surface area contributed by atoms with Crippen molar-refractivity contribution < 1.29 is 0 Å². The molecule has 0 aromatic heterocycles. The zero-order valence-corrected chi connectivity index (χ0v) is 12.6. The minimum Gasteiger partial charge on any atom is -0.358 e. The maximum Gasteiger partial charge on any atom is 0.187 e. The number of fused-ring (bicyclic) bond motifs is 2. The maximum atomic E-state index is 5.27. The third-order valence-corrected chi connectivity index (χ3v) is 4.22. The van der Waals surface area contributed by atoms with E-state index in [-0.39, 0.29) is 0 Å². The standard InChI is InChI=1S/C17H19N3S/c21-17(19-16-12-14-8-9-15(16)11-14)20-18-10-4-7-13-5-2-1-3-6-13/h1-10,14-16H,11-12H2,(H2,19,20,21)/b7-4+,18-10-/t14-,15-,16-/m0/s1. The summed E-state index contributed by atoms with van der Waals surface area (Å²) < 4.78 is 0. The molecule has 0 amide bonds. The van der Waals surface area contributed by atoms with Gasteiger partial charge in [-0.05, 0) is 48.5 Å². The van der Waals surface area contributed by atoms with Crippen LogP contribution >= 0.6 is 12.2 Å². The number of allylic oxidation sites excluding steroid dienone is 2. The molecule has 1 aromatic carbocycles. The van der Waals surface area contributed by atoms with E-state index in [4.69, 9.17) is 12.2 Å². The van der Waals surface area contributed by atoms with Gasteiger partial charge in [0.2, 0.25) is 0 Å². The van der Waals surface area contributed by atoms with Crippen molar-refractivity contribution in [3.05, 3.63) is 54.1 Å². The number of rotatable bonds is 4. The fraction of sp³-hybridized carbons (Fsp3) is 0.294. The lowest BCUT2D eigenvalue weighted by Crippen LogP contribution is -2.41. The number of nitrogens with zero attached hydrogens (tertiary/aromatic N) is 1. The Bertz CT molecular complexity index is 577. The third kappa shape index (κ3) is 3.79. The first-order valence-corrected chi connectivity index (χ1v) is 7.72. The lowest BCUT2D eigenvalue weighted by molar-refractivity contribution is 0.521. The Morgan fingerprint density at radius 1 is 1.19 bits per heavy atom. The molecule has 1 saturated carbocycles. The predicted molar refractivity (Wildman–Crippen MR) is 92.0 cm³/mol. The molecule has 108 valence electrons. The second-order valence-corrected chi connectivity index (χ2v) is 5.93. The van der Waals surface area contributed by atoms with E-state index in [1.165, 1.54) is 12.8 Å². The van der Waals surface area contributed by atoms with Gasteiger partial charge in [0.25, 0.3) is 0 Å². The van der Waals surface area contributed by atoms with Crippen LogP contribution in [0, 0.1) is 11.8 Å². The van der Waals surface area contributed by atoms with E-state index >= 15 is 0 Å². The van der Waals surface area contributed by atoms with Crippen LogP contribution in [0.15, 0.2) is 53.7 Å². The second-order valence-electron chi connectivity index (χ2n) is 5.52. The summed E-state index contributed by atoms with van der Waals surface area (Å²) in [4.78, 5) is 0. The quantitative estimate of drug-likeness (QED) is 0.388. The molecule has 4 heteroatoms. The van der Waals surface area contributed by atoms with E-state index in [2.05, 4.69) is 28.0 Å². The van der Waals surface area contributed by atoms with Crippen molar-refractivity contribution in [3.63, 3.8) is 0 Å². The Kier molecular flexibility index (Phi) is 4.46. The van der Waals surface area contributed by atoms with Crippen LogP contribution in [0.25, 0.3) is 6.08 Å². The van der Waals surface area contributed by atoms with Gasteiger partial charge < -0.3 is 5.32 Å². The van der Waals surface area contributed by atoms with Crippen LogP contribution < -0.4 is 10.7 Å². The lowest BCUT2D eigenvalue weighted by atomic mass is 10.0. The largest absolute Gasteiger partial charge is 0.358 e. The molecule has 0 heterocycles. The van der Waals surface area contributed by atoms with Gasteiger partial charge in [-0.2, -0.15) is 5.10 Å². The molecule has 2 N–H and O–H groups in total. The summed E-state index contributed by atoms with van der Waals surface area (Å²) in [5.41, 5.74) is 4.02. The second kappa shape index (κ2) is 6.68. The molecule has 2 aliphatic rings. The molecule has 0 saturated heterocycles. The summed E-state index contributed by atoms with van der Waals surface area (Å²) in [7, 11) is 0. The highest BCUT2D eigenvalue weighted by atomic mass is 32.1. The van der Waals surface area contributed by atoms with Crippen molar-refractivity contribution in [1.29, 1.82) is 0 Å². The number of thiocarbonyl (C=S) groups is 1. The summed E-state index contributed by atoms with van der Waals surface area (Å²) in [5.74, 6) is 1.38. The van der Waals surface area contributed by atoms with E-state index in [9.17, 15) is 0 Å². The molecule has 1 fully saturated rings. The summed E-state index contributed by atoms with van der Waals surface area (Å²) in [6.45, 7) is 0. The van der Waals surface area contributed by atoms with Crippen LogP contribution in [-0.2, 0) is 0 Å². The SMILES string of the molecule is S=C(N/N=C\C=C\c1ccccc1)N[C@H]1C[C@H]2C=C[C@H]1C2. The Labute approximate surface area is 130 Å². The lowest BCUT2D eigenvalue weighted by Gasteiger charge is -2.20. The normalized spacial score (nSPS) is 26.8. The summed E-state index contributed by atoms with van der Waals surface area (Å²) in [5, 5.41) is 8.06. The van der Waals surface area contributed by atoms with E-state index in [1.54, 1.807) is 6.21 Å². The van der Waals surface area contributed by atoms with Crippen LogP contribution in [0.4, 0.5) is 0 Å². The van der Waals surface area contributed by atoms with E-state index in [0.29, 0.717) is 17.1 Å².